The second kappa shape index (κ2) is 5.00. The Hall–Kier alpha value is -0.830. The van der Waals surface area contributed by atoms with Crippen LogP contribution in [0.4, 0.5) is 0 Å². The maximum atomic E-state index is 5.20. The highest BCUT2D eigenvalue weighted by Crippen LogP contribution is 2.28. The van der Waals surface area contributed by atoms with Crippen molar-refractivity contribution >= 4 is 0 Å². The summed E-state index contributed by atoms with van der Waals surface area (Å²) in [6.45, 7) is 7.47. The van der Waals surface area contributed by atoms with E-state index < -0.39 is 0 Å². The third-order valence-electron chi connectivity index (χ3n) is 3.42. The van der Waals surface area contributed by atoms with Crippen LogP contribution in [0.25, 0.3) is 0 Å². The fourth-order valence-corrected chi connectivity index (χ4v) is 2.86. The first-order valence-electron chi connectivity index (χ1n) is 6.29. The first-order chi connectivity index (χ1) is 7.63. The molecule has 0 amide bonds. The monoisotopic (exact) mass is 222 g/mol. The van der Waals surface area contributed by atoms with Gasteiger partial charge in [0.15, 0.2) is 5.76 Å². The lowest BCUT2D eigenvalue weighted by Crippen LogP contribution is -2.35. The molecule has 2 rings (SSSR count). The van der Waals surface area contributed by atoms with Crippen LogP contribution in [-0.2, 0) is 6.54 Å². The molecular weight excluding hydrogens is 200 g/mol. The standard InChI is InChI=1S/C13H22N2O/c1-9-4-10(2)6-12(5-9)14-8-13-7-11(3)15-16-13/h7,9-10,12,14H,4-6,8H2,1-3H3. The average Bonchev–Trinajstić information content (AvgIpc) is 2.60. The molecule has 0 saturated heterocycles. The highest BCUT2D eigenvalue weighted by molar-refractivity contribution is 5.02. The van der Waals surface area contributed by atoms with Crippen molar-refractivity contribution < 1.29 is 4.52 Å². The molecular formula is C13H22N2O. The van der Waals surface area contributed by atoms with Gasteiger partial charge in [-0.25, -0.2) is 0 Å². The molecule has 1 saturated carbocycles. The van der Waals surface area contributed by atoms with Crippen LogP contribution in [0.3, 0.4) is 0 Å². The summed E-state index contributed by atoms with van der Waals surface area (Å²) in [6.07, 6.45) is 3.95. The third kappa shape index (κ3) is 3.08. The summed E-state index contributed by atoms with van der Waals surface area (Å²) in [5, 5.41) is 7.47. The van der Waals surface area contributed by atoms with Gasteiger partial charge in [0.05, 0.1) is 12.2 Å². The van der Waals surface area contributed by atoms with E-state index in [4.69, 9.17) is 4.52 Å². The minimum atomic E-state index is 0.643. The lowest BCUT2D eigenvalue weighted by molar-refractivity contribution is 0.232. The fourth-order valence-electron chi connectivity index (χ4n) is 2.86. The van der Waals surface area contributed by atoms with E-state index in [2.05, 4.69) is 24.3 Å². The van der Waals surface area contributed by atoms with Crippen molar-refractivity contribution in [2.24, 2.45) is 11.8 Å². The zero-order chi connectivity index (χ0) is 11.5. The fraction of sp³-hybridized carbons (Fsp3) is 0.769. The summed E-state index contributed by atoms with van der Waals surface area (Å²) >= 11 is 0. The molecule has 0 radical (unpaired) electrons. The maximum absolute atomic E-state index is 5.20. The highest BCUT2D eigenvalue weighted by Gasteiger charge is 2.23. The predicted molar refractivity (Wildman–Crippen MR) is 64.0 cm³/mol. The van der Waals surface area contributed by atoms with Gasteiger partial charge in [0.25, 0.3) is 0 Å². The van der Waals surface area contributed by atoms with Crippen LogP contribution >= 0.6 is 0 Å². The summed E-state index contributed by atoms with van der Waals surface area (Å²) in [6, 6.07) is 2.65. The molecule has 2 atom stereocenters. The number of nitrogens with one attached hydrogen (secondary N) is 1. The van der Waals surface area contributed by atoms with Crippen molar-refractivity contribution in [1.29, 1.82) is 0 Å². The van der Waals surface area contributed by atoms with Crippen LogP contribution in [0.15, 0.2) is 10.6 Å². The molecule has 0 bridgehead atoms. The van der Waals surface area contributed by atoms with E-state index in [-0.39, 0.29) is 0 Å². The summed E-state index contributed by atoms with van der Waals surface area (Å²) in [5.41, 5.74) is 0.960. The van der Waals surface area contributed by atoms with E-state index >= 15 is 0 Å². The van der Waals surface area contributed by atoms with Gasteiger partial charge in [0.1, 0.15) is 0 Å². The molecule has 16 heavy (non-hydrogen) atoms. The lowest BCUT2D eigenvalue weighted by atomic mass is 9.80. The lowest BCUT2D eigenvalue weighted by Gasteiger charge is -2.31. The summed E-state index contributed by atoms with van der Waals surface area (Å²) in [7, 11) is 0. The number of aromatic nitrogens is 1. The molecule has 1 aromatic rings. The van der Waals surface area contributed by atoms with Gasteiger partial charge in [-0.3, -0.25) is 0 Å². The van der Waals surface area contributed by atoms with E-state index in [0.717, 1.165) is 29.8 Å². The Bertz CT molecular complexity index is 324. The summed E-state index contributed by atoms with van der Waals surface area (Å²) in [5.74, 6) is 2.64. The molecule has 0 aliphatic heterocycles. The average molecular weight is 222 g/mol. The minimum absolute atomic E-state index is 0.643. The van der Waals surface area contributed by atoms with Gasteiger partial charge < -0.3 is 9.84 Å². The van der Waals surface area contributed by atoms with Crippen LogP contribution in [0.2, 0.25) is 0 Å². The number of aryl methyl sites for hydroxylation is 1. The van der Waals surface area contributed by atoms with Gasteiger partial charge in [0.2, 0.25) is 0 Å². The Labute approximate surface area is 97.6 Å². The van der Waals surface area contributed by atoms with Gasteiger partial charge in [-0.2, -0.15) is 0 Å². The number of hydrogen-bond acceptors (Lipinski definition) is 3. The normalized spacial score (nSPS) is 30.6. The van der Waals surface area contributed by atoms with Crippen molar-refractivity contribution in [2.75, 3.05) is 0 Å². The SMILES string of the molecule is Cc1cc(CNC2CC(C)CC(C)C2)on1. The molecule has 1 aliphatic rings. The molecule has 1 aromatic heterocycles. The van der Waals surface area contributed by atoms with Crippen LogP contribution in [0, 0.1) is 18.8 Å². The molecule has 1 aliphatic carbocycles. The first-order valence-corrected chi connectivity index (χ1v) is 6.29. The molecule has 1 fully saturated rings. The molecule has 0 spiro atoms. The number of nitrogens with zero attached hydrogens (tertiary/aromatic N) is 1. The Morgan fingerprint density at radius 3 is 2.56 bits per heavy atom. The molecule has 3 heteroatoms. The van der Waals surface area contributed by atoms with Gasteiger partial charge in [-0.15, -0.1) is 0 Å². The topological polar surface area (TPSA) is 38.1 Å². The van der Waals surface area contributed by atoms with Crippen molar-refractivity contribution in [3.05, 3.63) is 17.5 Å². The molecule has 1 N–H and O–H groups in total. The van der Waals surface area contributed by atoms with Crippen LogP contribution in [0.5, 0.6) is 0 Å². The zero-order valence-corrected chi connectivity index (χ0v) is 10.5. The predicted octanol–water partition coefficient (Wildman–Crippen LogP) is 2.90. The molecule has 3 nitrogen and oxygen atoms in total. The molecule has 90 valence electrons. The van der Waals surface area contributed by atoms with E-state index in [1.807, 2.05) is 13.0 Å². The van der Waals surface area contributed by atoms with Gasteiger partial charge in [-0.1, -0.05) is 19.0 Å². The van der Waals surface area contributed by atoms with Crippen molar-refractivity contribution in [2.45, 2.75) is 52.6 Å². The van der Waals surface area contributed by atoms with Gasteiger partial charge >= 0.3 is 0 Å². The van der Waals surface area contributed by atoms with Crippen molar-refractivity contribution in [3.63, 3.8) is 0 Å². The minimum Gasteiger partial charge on any atom is -0.360 e. The Morgan fingerprint density at radius 1 is 1.31 bits per heavy atom. The second-order valence-electron chi connectivity index (χ2n) is 5.43. The molecule has 0 aromatic carbocycles. The summed E-state index contributed by atoms with van der Waals surface area (Å²) < 4.78 is 5.20. The molecule has 2 unspecified atom stereocenters. The number of rotatable bonds is 3. The molecule has 1 heterocycles. The van der Waals surface area contributed by atoms with E-state index in [0.29, 0.717) is 6.04 Å². The van der Waals surface area contributed by atoms with Crippen molar-refractivity contribution in [3.8, 4) is 0 Å². The van der Waals surface area contributed by atoms with Gasteiger partial charge in [0, 0.05) is 12.1 Å². The van der Waals surface area contributed by atoms with Crippen LogP contribution in [0.1, 0.15) is 44.6 Å². The summed E-state index contributed by atoms with van der Waals surface area (Å²) in [4.78, 5) is 0. The second-order valence-corrected chi connectivity index (χ2v) is 5.43. The Kier molecular flexibility index (Phi) is 3.64. The first kappa shape index (κ1) is 11.6. The Morgan fingerprint density at radius 2 is 2.00 bits per heavy atom. The van der Waals surface area contributed by atoms with Crippen molar-refractivity contribution in [1.82, 2.24) is 10.5 Å². The Balaban J connectivity index is 1.81. The van der Waals surface area contributed by atoms with E-state index in [1.165, 1.54) is 19.3 Å². The van der Waals surface area contributed by atoms with Crippen LogP contribution in [-0.4, -0.2) is 11.2 Å². The highest BCUT2D eigenvalue weighted by atomic mass is 16.5. The largest absolute Gasteiger partial charge is 0.360 e. The van der Waals surface area contributed by atoms with Gasteiger partial charge in [-0.05, 0) is 38.0 Å². The smallest absolute Gasteiger partial charge is 0.150 e. The third-order valence-corrected chi connectivity index (χ3v) is 3.42. The van der Waals surface area contributed by atoms with Crippen LogP contribution < -0.4 is 5.32 Å². The zero-order valence-electron chi connectivity index (χ0n) is 10.5. The van der Waals surface area contributed by atoms with E-state index in [9.17, 15) is 0 Å². The van der Waals surface area contributed by atoms with E-state index in [1.54, 1.807) is 0 Å². The quantitative estimate of drug-likeness (QED) is 0.854. The number of hydrogen-bond donors (Lipinski definition) is 1. The maximum Gasteiger partial charge on any atom is 0.150 e.